The van der Waals surface area contributed by atoms with Gasteiger partial charge in [0.1, 0.15) is 4.32 Å². The van der Waals surface area contributed by atoms with Gasteiger partial charge in [-0.25, -0.2) is 4.79 Å². The smallest absolute Gasteiger partial charge is 0.333 e. The van der Waals surface area contributed by atoms with Crippen LogP contribution in [-0.2, 0) is 14.3 Å². The van der Waals surface area contributed by atoms with Crippen molar-refractivity contribution in [2.45, 2.75) is 13.0 Å². The van der Waals surface area contributed by atoms with Gasteiger partial charge in [0.25, 0.3) is 11.6 Å². The molecule has 0 spiro atoms. The second-order valence-corrected chi connectivity index (χ2v) is 7.64. The average Bonchev–Trinajstić information content (AvgIpc) is 2.97. The predicted molar refractivity (Wildman–Crippen MR) is 114 cm³/mol. The highest BCUT2D eigenvalue weighted by atomic mass is 32.2. The van der Waals surface area contributed by atoms with Crippen LogP contribution in [0.4, 0.5) is 5.69 Å². The number of hydrogen-bond acceptors (Lipinski definition) is 7. The van der Waals surface area contributed by atoms with Crippen molar-refractivity contribution in [3.63, 3.8) is 0 Å². The van der Waals surface area contributed by atoms with E-state index in [4.69, 9.17) is 17.0 Å². The van der Waals surface area contributed by atoms with Crippen molar-refractivity contribution in [3.05, 3.63) is 80.7 Å². The van der Waals surface area contributed by atoms with Gasteiger partial charge in [0.15, 0.2) is 6.04 Å². The average molecular weight is 428 g/mol. The van der Waals surface area contributed by atoms with Crippen LogP contribution in [-0.4, -0.2) is 32.6 Å². The standard InChI is InChI=1S/C20H16N2O5S2/c1-2-27-19(24)17(14-8-4-3-5-9-14)21-18(23)16(29-20(21)28)12-13-7-6-10-15(11-13)22(25)26/h3-12,17H,2H2,1H3/b16-12-. The summed E-state index contributed by atoms with van der Waals surface area (Å²) in [6.07, 6.45) is 1.53. The third-order valence-electron chi connectivity index (χ3n) is 4.09. The number of carbonyl (C=O) groups is 2. The van der Waals surface area contributed by atoms with Gasteiger partial charge in [-0.15, -0.1) is 0 Å². The van der Waals surface area contributed by atoms with E-state index in [1.165, 1.54) is 29.2 Å². The van der Waals surface area contributed by atoms with Crippen LogP contribution in [0.15, 0.2) is 59.5 Å². The van der Waals surface area contributed by atoms with Crippen LogP contribution in [0.2, 0.25) is 0 Å². The van der Waals surface area contributed by atoms with E-state index < -0.39 is 22.8 Å². The van der Waals surface area contributed by atoms with Gasteiger partial charge in [-0.2, -0.15) is 0 Å². The topological polar surface area (TPSA) is 89.8 Å². The zero-order valence-corrected chi connectivity index (χ0v) is 16.9. The molecule has 0 aliphatic carbocycles. The lowest BCUT2D eigenvalue weighted by Gasteiger charge is -2.25. The normalized spacial score (nSPS) is 16.2. The van der Waals surface area contributed by atoms with Gasteiger partial charge >= 0.3 is 5.97 Å². The number of rotatable bonds is 6. The number of esters is 1. The summed E-state index contributed by atoms with van der Waals surface area (Å²) >= 11 is 6.41. The van der Waals surface area contributed by atoms with E-state index in [0.717, 1.165) is 11.8 Å². The first-order valence-electron chi connectivity index (χ1n) is 8.65. The summed E-state index contributed by atoms with van der Waals surface area (Å²) in [6, 6.07) is 13.7. The number of thioether (sulfide) groups is 1. The zero-order chi connectivity index (χ0) is 21.0. The maximum atomic E-state index is 13.1. The monoisotopic (exact) mass is 428 g/mol. The highest BCUT2D eigenvalue weighted by Crippen LogP contribution is 2.39. The Morgan fingerprint density at radius 1 is 1.28 bits per heavy atom. The molecule has 2 aromatic carbocycles. The van der Waals surface area contributed by atoms with Gasteiger partial charge in [0.2, 0.25) is 0 Å². The number of amides is 1. The first-order valence-corrected chi connectivity index (χ1v) is 9.88. The number of nitro groups is 1. The molecule has 1 amide bonds. The van der Waals surface area contributed by atoms with Crippen LogP contribution < -0.4 is 0 Å². The molecular weight excluding hydrogens is 412 g/mol. The number of non-ortho nitro benzene ring substituents is 1. The largest absolute Gasteiger partial charge is 0.464 e. The highest BCUT2D eigenvalue weighted by molar-refractivity contribution is 8.26. The number of nitrogens with zero attached hydrogens (tertiary/aromatic N) is 2. The van der Waals surface area contributed by atoms with E-state index in [2.05, 4.69) is 0 Å². The number of carbonyl (C=O) groups excluding carboxylic acids is 2. The van der Waals surface area contributed by atoms with Crippen LogP contribution in [0.5, 0.6) is 0 Å². The van der Waals surface area contributed by atoms with Crippen LogP contribution >= 0.6 is 24.0 Å². The molecule has 148 valence electrons. The molecule has 1 fully saturated rings. The van der Waals surface area contributed by atoms with E-state index in [1.54, 1.807) is 43.3 Å². The summed E-state index contributed by atoms with van der Waals surface area (Å²) in [6.45, 7) is 1.85. The third kappa shape index (κ3) is 4.52. The second kappa shape index (κ2) is 8.97. The molecule has 7 nitrogen and oxygen atoms in total. The third-order valence-corrected chi connectivity index (χ3v) is 5.42. The summed E-state index contributed by atoms with van der Waals surface area (Å²) < 4.78 is 5.38. The molecule has 0 radical (unpaired) electrons. The molecule has 9 heteroatoms. The Balaban J connectivity index is 1.97. The van der Waals surface area contributed by atoms with E-state index in [1.807, 2.05) is 0 Å². The lowest BCUT2D eigenvalue weighted by atomic mass is 10.1. The molecule has 1 aliphatic rings. The van der Waals surface area contributed by atoms with Gasteiger partial charge in [-0.1, -0.05) is 66.4 Å². The maximum Gasteiger partial charge on any atom is 0.333 e. The molecule has 1 heterocycles. The fourth-order valence-electron chi connectivity index (χ4n) is 2.83. The van der Waals surface area contributed by atoms with E-state index >= 15 is 0 Å². The number of nitro benzene ring substituents is 1. The Hall–Kier alpha value is -3.04. The molecule has 3 rings (SSSR count). The van der Waals surface area contributed by atoms with Crippen molar-refractivity contribution >= 4 is 51.9 Å². The molecule has 2 aromatic rings. The van der Waals surface area contributed by atoms with E-state index in [-0.39, 0.29) is 21.5 Å². The van der Waals surface area contributed by atoms with Crippen molar-refractivity contribution in [2.24, 2.45) is 0 Å². The Morgan fingerprint density at radius 2 is 2.00 bits per heavy atom. The van der Waals surface area contributed by atoms with Gasteiger partial charge in [-0.3, -0.25) is 19.8 Å². The molecule has 29 heavy (non-hydrogen) atoms. The van der Waals surface area contributed by atoms with E-state index in [0.29, 0.717) is 11.1 Å². The highest BCUT2D eigenvalue weighted by Gasteiger charge is 2.42. The summed E-state index contributed by atoms with van der Waals surface area (Å²) in [7, 11) is 0. The van der Waals surface area contributed by atoms with Crippen molar-refractivity contribution in [3.8, 4) is 0 Å². The Labute approximate surface area is 176 Å². The maximum absolute atomic E-state index is 13.1. The summed E-state index contributed by atoms with van der Waals surface area (Å²) in [5, 5.41) is 11.0. The fraction of sp³-hybridized carbons (Fsp3) is 0.150. The molecule has 0 aromatic heterocycles. The summed E-state index contributed by atoms with van der Waals surface area (Å²) in [5.41, 5.74) is 0.994. The van der Waals surface area contributed by atoms with Crippen molar-refractivity contribution in [1.82, 2.24) is 4.90 Å². The summed E-state index contributed by atoms with van der Waals surface area (Å²) in [4.78, 5) is 37.7. The molecular formula is C20H16N2O5S2. The van der Waals surface area contributed by atoms with Gasteiger partial charge in [-0.05, 0) is 24.1 Å². The molecule has 1 atom stereocenters. The molecule has 0 bridgehead atoms. The van der Waals surface area contributed by atoms with Crippen LogP contribution in [0.3, 0.4) is 0 Å². The number of hydrogen-bond donors (Lipinski definition) is 0. The van der Waals surface area contributed by atoms with Crippen molar-refractivity contribution in [1.29, 1.82) is 0 Å². The molecule has 0 N–H and O–H groups in total. The van der Waals surface area contributed by atoms with Crippen LogP contribution in [0.1, 0.15) is 24.1 Å². The number of thiocarbonyl (C=S) groups is 1. The zero-order valence-electron chi connectivity index (χ0n) is 15.3. The first kappa shape index (κ1) is 20.7. The van der Waals surface area contributed by atoms with Crippen molar-refractivity contribution in [2.75, 3.05) is 6.61 Å². The molecule has 0 saturated carbocycles. The van der Waals surface area contributed by atoms with E-state index in [9.17, 15) is 19.7 Å². The minimum atomic E-state index is -1.00. The number of ether oxygens (including phenoxy) is 1. The minimum absolute atomic E-state index is 0.0806. The second-order valence-electron chi connectivity index (χ2n) is 5.97. The minimum Gasteiger partial charge on any atom is -0.464 e. The lowest BCUT2D eigenvalue weighted by molar-refractivity contribution is -0.384. The predicted octanol–water partition coefficient (Wildman–Crippen LogP) is 4.10. The van der Waals surface area contributed by atoms with Gasteiger partial charge in [0.05, 0.1) is 16.4 Å². The lowest BCUT2D eigenvalue weighted by Crippen LogP contribution is -2.38. The number of benzene rings is 2. The Morgan fingerprint density at radius 3 is 2.66 bits per heavy atom. The van der Waals surface area contributed by atoms with Crippen LogP contribution in [0.25, 0.3) is 6.08 Å². The SMILES string of the molecule is CCOC(=O)C(c1ccccc1)N1C(=O)/C(=C/c2cccc([N+](=O)[O-])c2)SC1=S. The Kier molecular flexibility index (Phi) is 6.40. The molecule has 1 saturated heterocycles. The summed E-state index contributed by atoms with van der Waals surface area (Å²) in [5.74, 6) is -1.03. The first-order chi connectivity index (χ1) is 13.9. The molecule has 1 aliphatic heterocycles. The van der Waals surface area contributed by atoms with Gasteiger partial charge in [0, 0.05) is 12.1 Å². The van der Waals surface area contributed by atoms with Crippen molar-refractivity contribution < 1.29 is 19.2 Å². The fourth-order valence-corrected chi connectivity index (χ4v) is 4.14. The quantitative estimate of drug-likeness (QED) is 0.225. The van der Waals surface area contributed by atoms with Crippen LogP contribution in [0, 0.1) is 10.1 Å². The van der Waals surface area contributed by atoms with Gasteiger partial charge < -0.3 is 4.74 Å². The molecule has 1 unspecified atom stereocenters. The Bertz CT molecular complexity index is 1010.